The van der Waals surface area contributed by atoms with Crippen LogP contribution in [0.3, 0.4) is 0 Å². The van der Waals surface area contributed by atoms with E-state index in [1.807, 2.05) is 36.5 Å². The monoisotopic (exact) mass is 266 g/mol. The zero-order chi connectivity index (χ0) is 12.4. The summed E-state index contributed by atoms with van der Waals surface area (Å²) in [5.41, 5.74) is 1.61. The molecule has 0 heterocycles. The molecule has 88 valence electrons. The lowest BCUT2D eigenvalue weighted by Gasteiger charge is -2.23. The maximum Gasteiger partial charge on any atom is 0.126 e. The quantitative estimate of drug-likeness (QED) is 0.680. The minimum atomic E-state index is -0.344. The number of allylic oxidation sites excluding steroid dienone is 8. The summed E-state index contributed by atoms with van der Waals surface area (Å²) in [6.45, 7) is 7.70. The van der Waals surface area contributed by atoms with Crippen LogP contribution in [0, 0.1) is 0 Å². The molecule has 2 unspecified atom stereocenters. The minimum absolute atomic E-state index is 0.344. The molecule has 2 atom stereocenters. The first-order valence-corrected chi connectivity index (χ1v) is 6.07. The van der Waals surface area contributed by atoms with Crippen molar-refractivity contribution in [1.82, 2.24) is 0 Å². The average molecular weight is 267 g/mol. The first kappa shape index (κ1) is 12.3. The van der Waals surface area contributed by atoms with E-state index in [1.54, 1.807) is 0 Å². The lowest BCUT2D eigenvalue weighted by Crippen LogP contribution is -2.16. The Morgan fingerprint density at radius 3 is 1.71 bits per heavy atom. The van der Waals surface area contributed by atoms with Crippen LogP contribution >= 0.6 is 23.2 Å². The van der Waals surface area contributed by atoms with Gasteiger partial charge in [-0.05, 0) is 23.3 Å². The van der Waals surface area contributed by atoms with Crippen LogP contribution in [0.15, 0.2) is 72.3 Å². The first-order valence-electron chi connectivity index (χ1n) is 5.19. The fourth-order valence-corrected chi connectivity index (χ4v) is 1.92. The number of hydrogen-bond acceptors (Lipinski definition) is 1. The third-order valence-electron chi connectivity index (χ3n) is 2.53. The highest BCUT2D eigenvalue weighted by Crippen LogP contribution is 2.31. The molecular formula is C14H12Cl2O. The largest absolute Gasteiger partial charge is 0.462 e. The minimum Gasteiger partial charge on any atom is -0.462 e. The third-order valence-corrected chi connectivity index (χ3v) is 3.52. The van der Waals surface area contributed by atoms with Crippen LogP contribution in [0.5, 0.6) is 0 Å². The van der Waals surface area contributed by atoms with Gasteiger partial charge in [0.2, 0.25) is 0 Å². The number of rotatable bonds is 2. The summed E-state index contributed by atoms with van der Waals surface area (Å²) in [4.78, 5) is 0. The van der Waals surface area contributed by atoms with Crippen LogP contribution in [0.1, 0.15) is 0 Å². The van der Waals surface area contributed by atoms with Crippen molar-refractivity contribution in [3.63, 3.8) is 0 Å². The third kappa shape index (κ3) is 2.56. The van der Waals surface area contributed by atoms with Gasteiger partial charge in [-0.1, -0.05) is 37.5 Å². The van der Waals surface area contributed by atoms with Crippen LogP contribution in [0.25, 0.3) is 0 Å². The average Bonchev–Trinajstić information content (AvgIpc) is 2.31. The zero-order valence-corrected chi connectivity index (χ0v) is 10.7. The second-order valence-electron chi connectivity index (χ2n) is 3.83. The fourth-order valence-electron chi connectivity index (χ4n) is 1.54. The van der Waals surface area contributed by atoms with Crippen LogP contribution in [-0.2, 0) is 4.74 Å². The Kier molecular flexibility index (Phi) is 3.60. The fraction of sp³-hybridized carbons (Fsp3) is 0.143. The number of alkyl halides is 2. The highest BCUT2D eigenvalue weighted by molar-refractivity contribution is 6.25. The van der Waals surface area contributed by atoms with Crippen molar-refractivity contribution >= 4 is 23.2 Å². The summed E-state index contributed by atoms with van der Waals surface area (Å²) in [5, 5.41) is -0.687. The van der Waals surface area contributed by atoms with Crippen LogP contribution in [0.2, 0.25) is 0 Å². The smallest absolute Gasteiger partial charge is 0.126 e. The highest BCUT2D eigenvalue weighted by atomic mass is 35.5. The molecule has 0 saturated heterocycles. The number of hydrogen-bond donors (Lipinski definition) is 0. The van der Waals surface area contributed by atoms with Gasteiger partial charge in [-0.15, -0.1) is 23.2 Å². The summed E-state index contributed by atoms with van der Waals surface area (Å²) in [5.74, 6) is 1.28. The van der Waals surface area contributed by atoms with Crippen LogP contribution in [0.4, 0.5) is 0 Å². The van der Waals surface area contributed by atoms with Crippen molar-refractivity contribution in [2.24, 2.45) is 0 Å². The van der Waals surface area contributed by atoms with Crippen LogP contribution < -0.4 is 0 Å². The summed E-state index contributed by atoms with van der Waals surface area (Å²) < 4.78 is 5.73. The van der Waals surface area contributed by atoms with E-state index in [0.29, 0.717) is 11.5 Å². The molecule has 0 saturated carbocycles. The molecule has 0 radical (unpaired) electrons. The second kappa shape index (κ2) is 4.99. The van der Waals surface area contributed by atoms with Gasteiger partial charge in [-0.25, -0.2) is 0 Å². The molecule has 0 spiro atoms. The van der Waals surface area contributed by atoms with Gasteiger partial charge in [0, 0.05) is 0 Å². The van der Waals surface area contributed by atoms with Gasteiger partial charge in [0.1, 0.15) is 22.3 Å². The summed E-state index contributed by atoms with van der Waals surface area (Å²) in [7, 11) is 0. The summed E-state index contributed by atoms with van der Waals surface area (Å²) in [6, 6.07) is 0. The Morgan fingerprint density at radius 1 is 0.882 bits per heavy atom. The van der Waals surface area contributed by atoms with Crippen molar-refractivity contribution in [2.75, 3.05) is 0 Å². The van der Waals surface area contributed by atoms with E-state index < -0.39 is 0 Å². The SMILES string of the molecule is C=C1C=CC=C(OC2=CC=CC(=C)C2Cl)C1Cl. The van der Waals surface area contributed by atoms with E-state index in [0.717, 1.165) is 11.1 Å². The predicted molar refractivity (Wildman–Crippen MR) is 73.1 cm³/mol. The molecule has 0 bridgehead atoms. The van der Waals surface area contributed by atoms with E-state index in [9.17, 15) is 0 Å². The van der Waals surface area contributed by atoms with Gasteiger partial charge in [-0.2, -0.15) is 0 Å². The molecule has 0 aromatic carbocycles. The Hall–Kier alpha value is -1.18. The lowest BCUT2D eigenvalue weighted by molar-refractivity contribution is 0.291. The molecular weight excluding hydrogens is 255 g/mol. The molecule has 0 N–H and O–H groups in total. The van der Waals surface area contributed by atoms with Crippen molar-refractivity contribution < 1.29 is 4.74 Å². The van der Waals surface area contributed by atoms with Crippen molar-refractivity contribution in [1.29, 1.82) is 0 Å². The summed E-state index contributed by atoms with van der Waals surface area (Å²) >= 11 is 12.4. The van der Waals surface area contributed by atoms with Crippen molar-refractivity contribution in [3.8, 4) is 0 Å². The molecule has 1 nitrogen and oxygen atoms in total. The van der Waals surface area contributed by atoms with E-state index in [2.05, 4.69) is 13.2 Å². The Labute approximate surface area is 111 Å². The highest BCUT2D eigenvalue weighted by Gasteiger charge is 2.23. The molecule has 0 fully saturated rings. The van der Waals surface area contributed by atoms with Crippen molar-refractivity contribution in [2.45, 2.75) is 10.8 Å². The topological polar surface area (TPSA) is 9.23 Å². The maximum atomic E-state index is 6.18. The Balaban J connectivity index is 2.17. The second-order valence-corrected chi connectivity index (χ2v) is 4.71. The zero-order valence-electron chi connectivity index (χ0n) is 9.20. The lowest BCUT2D eigenvalue weighted by atomic mass is 10.1. The standard InChI is InChI=1S/C14H12Cl2O/c1-9-5-3-7-11(13(9)15)17-12-8-4-6-10(2)14(12)16/h3-8,13-14H,1-2H2. The Morgan fingerprint density at radius 2 is 1.29 bits per heavy atom. The normalized spacial score (nSPS) is 27.9. The predicted octanol–water partition coefficient (Wildman–Crippen LogP) is 4.24. The molecule has 2 aliphatic carbocycles. The van der Waals surface area contributed by atoms with E-state index in [1.165, 1.54) is 0 Å². The molecule has 2 aliphatic rings. The molecule has 0 aromatic rings. The molecule has 3 heteroatoms. The van der Waals surface area contributed by atoms with Crippen LogP contribution in [-0.4, -0.2) is 10.8 Å². The van der Waals surface area contributed by atoms with Gasteiger partial charge in [0.15, 0.2) is 0 Å². The van der Waals surface area contributed by atoms with E-state index in [4.69, 9.17) is 27.9 Å². The molecule has 0 aromatic heterocycles. The van der Waals surface area contributed by atoms with Gasteiger partial charge in [-0.3, -0.25) is 0 Å². The molecule has 0 aliphatic heterocycles. The van der Waals surface area contributed by atoms with E-state index in [-0.39, 0.29) is 10.8 Å². The van der Waals surface area contributed by atoms with Gasteiger partial charge >= 0.3 is 0 Å². The van der Waals surface area contributed by atoms with Gasteiger partial charge in [0.05, 0.1) is 0 Å². The number of halogens is 2. The molecule has 17 heavy (non-hydrogen) atoms. The van der Waals surface area contributed by atoms with E-state index >= 15 is 0 Å². The Bertz CT molecular complexity index is 436. The van der Waals surface area contributed by atoms with Gasteiger partial charge < -0.3 is 4.74 Å². The van der Waals surface area contributed by atoms with Crippen molar-refractivity contribution in [3.05, 3.63) is 72.3 Å². The number of ether oxygens (including phenoxy) is 1. The van der Waals surface area contributed by atoms with Gasteiger partial charge in [0.25, 0.3) is 0 Å². The first-order chi connectivity index (χ1) is 8.09. The molecule has 0 amide bonds. The maximum absolute atomic E-state index is 6.18. The summed E-state index contributed by atoms with van der Waals surface area (Å²) in [6.07, 6.45) is 11.1. The molecule has 2 rings (SSSR count).